The molecule has 0 atom stereocenters. The highest BCUT2D eigenvalue weighted by Crippen LogP contribution is 2.39. The first-order chi connectivity index (χ1) is 14.5. The second-order valence-electron chi connectivity index (χ2n) is 7.57. The lowest BCUT2D eigenvalue weighted by Crippen LogP contribution is -2.45. The van der Waals surface area contributed by atoms with Crippen molar-refractivity contribution in [2.24, 2.45) is 0 Å². The highest BCUT2D eigenvalue weighted by atomic mass is 35.5. The van der Waals surface area contributed by atoms with Gasteiger partial charge in [0.2, 0.25) is 5.91 Å². The first-order valence-electron chi connectivity index (χ1n) is 9.91. The molecule has 8 heteroatoms. The molecule has 2 aromatic heterocycles. The summed E-state index contributed by atoms with van der Waals surface area (Å²) in [5.74, 6) is 0.419. The number of H-pyrrole nitrogens is 1. The number of aromatic nitrogens is 4. The summed E-state index contributed by atoms with van der Waals surface area (Å²) >= 11 is 6.03. The number of aromatic amines is 1. The minimum absolute atomic E-state index is 0.0422. The third-order valence-electron chi connectivity index (χ3n) is 5.57. The Morgan fingerprint density at radius 1 is 1.17 bits per heavy atom. The summed E-state index contributed by atoms with van der Waals surface area (Å²) in [6.45, 7) is 1.72. The third-order valence-corrected chi connectivity index (χ3v) is 5.82. The molecule has 0 bridgehead atoms. The quantitative estimate of drug-likeness (QED) is 0.655. The molecule has 154 valence electrons. The smallest absolute Gasteiger partial charge is 0.255 e. The number of carbonyl (C=O) groups is 1. The molecule has 3 aromatic rings. The van der Waals surface area contributed by atoms with Crippen molar-refractivity contribution >= 4 is 17.5 Å². The zero-order chi connectivity index (χ0) is 21.1. The van der Waals surface area contributed by atoms with Crippen LogP contribution in [0, 0.1) is 6.92 Å². The fraction of sp³-hybridized carbons (Fsp3) is 0.318. The van der Waals surface area contributed by atoms with Gasteiger partial charge in [-0.25, -0.2) is 15.0 Å². The normalized spacial score (nSPS) is 15.1. The van der Waals surface area contributed by atoms with Crippen molar-refractivity contribution in [1.29, 1.82) is 0 Å². The van der Waals surface area contributed by atoms with Crippen LogP contribution in [-0.4, -0.2) is 25.8 Å². The van der Waals surface area contributed by atoms with Gasteiger partial charge in [-0.15, -0.1) is 0 Å². The Balaban J connectivity index is 1.56. The van der Waals surface area contributed by atoms with Gasteiger partial charge in [0, 0.05) is 28.7 Å². The summed E-state index contributed by atoms with van der Waals surface area (Å²) in [4.78, 5) is 40.9. The zero-order valence-corrected chi connectivity index (χ0v) is 17.4. The molecule has 4 rings (SSSR count). The third kappa shape index (κ3) is 4.11. The highest BCUT2D eigenvalue weighted by Gasteiger charge is 2.37. The van der Waals surface area contributed by atoms with Gasteiger partial charge in [-0.05, 0) is 43.5 Å². The van der Waals surface area contributed by atoms with Gasteiger partial charge >= 0.3 is 0 Å². The molecule has 1 aliphatic carbocycles. The summed E-state index contributed by atoms with van der Waals surface area (Å²) in [6, 6.07) is 9.29. The van der Waals surface area contributed by atoms with E-state index in [-0.39, 0.29) is 23.7 Å². The molecule has 1 aromatic carbocycles. The van der Waals surface area contributed by atoms with Crippen LogP contribution < -0.4 is 10.9 Å². The molecule has 0 radical (unpaired) electrons. The van der Waals surface area contributed by atoms with Crippen molar-refractivity contribution in [3.8, 4) is 11.6 Å². The molecule has 2 N–H and O–H groups in total. The molecule has 0 unspecified atom stereocenters. The molecular formula is C22H22ClN5O2. The Labute approximate surface area is 179 Å². The second-order valence-corrected chi connectivity index (χ2v) is 8.01. The van der Waals surface area contributed by atoms with E-state index >= 15 is 0 Å². The van der Waals surface area contributed by atoms with Gasteiger partial charge in [0.15, 0.2) is 11.6 Å². The number of hydrogen-bond donors (Lipinski definition) is 2. The van der Waals surface area contributed by atoms with Crippen molar-refractivity contribution in [3.05, 3.63) is 74.9 Å². The van der Waals surface area contributed by atoms with Gasteiger partial charge in [0.1, 0.15) is 0 Å². The van der Waals surface area contributed by atoms with Crippen molar-refractivity contribution < 1.29 is 4.79 Å². The SMILES string of the molecule is Cc1nc(-c2ncccn2)[nH]c(=O)c1CC(=O)NC1(c2ccc(Cl)cc2)CCCC1. The maximum atomic E-state index is 12.9. The number of carbonyl (C=O) groups excluding carboxylic acids is 1. The molecule has 1 aliphatic rings. The van der Waals surface area contributed by atoms with Crippen LogP contribution in [0.3, 0.4) is 0 Å². The molecule has 0 saturated heterocycles. The topological polar surface area (TPSA) is 101 Å². The summed E-state index contributed by atoms with van der Waals surface area (Å²) in [5.41, 5.74) is 1.10. The predicted molar refractivity (Wildman–Crippen MR) is 114 cm³/mol. The number of halogens is 1. The maximum absolute atomic E-state index is 12.9. The van der Waals surface area contributed by atoms with Gasteiger partial charge in [0.25, 0.3) is 5.56 Å². The molecule has 0 aliphatic heterocycles. The average Bonchev–Trinajstić information content (AvgIpc) is 3.21. The average molecular weight is 424 g/mol. The number of rotatable bonds is 5. The van der Waals surface area contributed by atoms with Crippen LogP contribution >= 0.6 is 11.6 Å². The van der Waals surface area contributed by atoms with E-state index in [9.17, 15) is 9.59 Å². The molecule has 0 spiro atoms. The number of amides is 1. The van der Waals surface area contributed by atoms with Crippen LogP contribution in [0.25, 0.3) is 11.6 Å². The predicted octanol–water partition coefficient (Wildman–Crippen LogP) is 3.32. The van der Waals surface area contributed by atoms with E-state index in [0.29, 0.717) is 22.1 Å². The second kappa shape index (κ2) is 8.36. The summed E-state index contributed by atoms with van der Waals surface area (Å²) in [6.07, 6.45) is 6.91. The van der Waals surface area contributed by atoms with E-state index in [1.807, 2.05) is 24.3 Å². The van der Waals surface area contributed by atoms with Gasteiger partial charge in [-0.2, -0.15) is 0 Å². The van der Waals surface area contributed by atoms with Crippen LogP contribution in [0.4, 0.5) is 0 Å². The summed E-state index contributed by atoms with van der Waals surface area (Å²) in [5, 5.41) is 3.85. The first kappa shape index (κ1) is 20.2. The summed E-state index contributed by atoms with van der Waals surface area (Å²) in [7, 11) is 0. The van der Waals surface area contributed by atoms with Gasteiger partial charge < -0.3 is 10.3 Å². The number of hydrogen-bond acceptors (Lipinski definition) is 5. The fourth-order valence-electron chi connectivity index (χ4n) is 4.05. The van der Waals surface area contributed by atoms with Crippen molar-refractivity contribution in [2.45, 2.75) is 44.6 Å². The Kier molecular flexibility index (Phi) is 5.63. The standard InChI is InChI=1S/C22H22ClN5O2/c1-14-17(21(30)27-20(26-14)19-24-11-4-12-25-19)13-18(29)28-22(9-2-3-10-22)15-5-7-16(23)8-6-15/h4-8,11-12H,2-3,9-10,13H2,1H3,(H,28,29)(H,26,27,30). The Morgan fingerprint density at radius 3 is 2.47 bits per heavy atom. The molecule has 1 saturated carbocycles. The number of nitrogens with zero attached hydrogens (tertiary/aromatic N) is 3. The highest BCUT2D eigenvalue weighted by molar-refractivity contribution is 6.30. The lowest BCUT2D eigenvalue weighted by molar-refractivity contribution is -0.122. The lowest BCUT2D eigenvalue weighted by atomic mass is 9.88. The number of nitrogens with one attached hydrogen (secondary N) is 2. The molecule has 1 amide bonds. The summed E-state index contributed by atoms with van der Waals surface area (Å²) < 4.78 is 0. The van der Waals surface area contributed by atoms with Crippen LogP contribution in [-0.2, 0) is 16.8 Å². The van der Waals surface area contributed by atoms with Gasteiger partial charge in [-0.3, -0.25) is 9.59 Å². The Hall–Kier alpha value is -3.06. The van der Waals surface area contributed by atoms with Crippen LogP contribution in [0.2, 0.25) is 5.02 Å². The lowest BCUT2D eigenvalue weighted by Gasteiger charge is -2.31. The molecule has 7 nitrogen and oxygen atoms in total. The van der Waals surface area contributed by atoms with Crippen molar-refractivity contribution in [2.75, 3.05) is 0 Å². The van der Waals surface area contributed by atoms with Gasteiger partial charge in [-0.1, -0.05) is 36.6 Å². The van der Waals surface area contributed by atoms with Crippen LogP contribution in [0.15, 0.2) is 47.5 Å². The number of benzene rings is 1. The zero-order valence-electron chi connectivity index (χ0n) is 16.6. The number of aryl methyl sites for hydroxylation is 1. The van der Waals surface area contributed by atoms with E-state index < -0.39 is 5.54 Å². The van der Waals surface area contributed by atoms with Crippen molar-refractivity contribution in [1.82, 2.24) is 25.3 Å². The Morgan fingerprint density at radius 2 is 1.83 bits per heavy atom. The molecule has 2 heterocycles. The van der Waals surface area contributed by atoms with Crippen LogP contribution in [0.1, 0.15) is 42.5 Å². The van der Waals surface area contributed by atoms with Crippen LogP contribution in [0.5, 0.6) is 0 Å². The Bertz CT molecular complexity index is 1110. The van der Waals surface area contributed by atoms with E-state index in [0.717, 1.165) is 31.2 Å². The largest absolute Gasteiger partial charge is 0.346 e. The molecule has 1 fully saturated rings. The fourth-order valence-corrected chi connectivity index (χ4v) is 4.18. The minimum Gasteiger partial charge on any atom is -0.346 e. The first-order valence-corrected chi connectivity index (χ1v) is 10.3. The minimum atomic E-state index is -0.423. The van der Waals surface area contributed by atoms with E-state index in [4.69, 9.17) is 11.6 Å². The van der Waals surface area contributed by atoms with E-state index in [1.54, 1.807) is 25.4 Å². The monoisotopic (exact) mass is 423 g/mol. The maximum Gasteiger partial charge on any atom is 0.255 e. The van der Waals surface area contributed by atoms with Gasteiger partial charge in [0.05, 0.1) is 12.0 Å². The molecular weight excluding hydrogens is 402 g/mol. The molecule has 30 heavy (non-hydrogen) atoms. The van der Waals surface area contributed by atoms with E-state index in [2.05, 4.69) is 25.3 Å². The van der Waals surface area contributed by atoms with E-state index in [1.165, 1.54) is 0 Å². The van der Waals surface area contributed by atoms with Crippen molar-refractivity contribution in [3.63, 3.8) is 0 Å².